The summed E-state index contributed by atoms with van der Waals surface area (Å²) in [5.74, 6) is 0.541. The second-order valence-corrected chi connectivity index (χ2v) is 6.16. The first-order valence-electron chi connectivity index (χ1n) is 8.39. The number of fused-ring (bicyclic) bond motifs is 1. The highest BCUT2D eigenvalue weighted by Gasteiger charge is 2.19. The predicted molar refractivity (Wildman–Crippen MR) is 97.0 cm³/mol. The average molecular weight is 332 g/mol. The lowest BCUT2D eigenvalue weighted by molar-refractivity contribution is -0.117. The average Bonchev–Trinajstić information content (AvgIpc) is 2.99. The molecule has 0 radical (unpaired) electrons. The molecule has 25 heavy (non-hydrogen) atoms. The number of amides is 1. The molecule has 0 unspecified atom stereocenters. The summed E-state index contributed by atoms with van der Waals surface area (Å²) < 4.78 is 5.67. The molecule has 0 spiro atoms. The molecule has 0 aliphatic carbocycles. The van der Waals surface area contributed by atoms with Crippen molar-refractivity contribution in [1.29, 1.82) is 5.26 Å². The molecular weight excluding hydrogens is 312 g/mol. The summed E-state index contributed by atoms with van der Waals surface area (Å²) >= 11 is 0. The Hall–Kier alpha value is -3.06. The largest absolute Gasteiger partial charge is 0.490 e. The third-order valence-electron chi connectivity index (χ3n) is 4.14. The lowest BCUT2D eigenvalue weighted by Crippen LogP contribution is -2.26. The van der Waals surface area contributed by atoms with Crippen LogP contribution in [0.4, 0.5) is 0 Å². The molecule has 1 N–H and O–H groups in total. The number of carbonyl (C=O) groups excluding carboxylic acids is 1. The van der Waals surface area contributed by atoms with Crippen LogP contribution in [0.1, 0.15) is 23.6 Å². The molecule has 4 nitrogen and oxygen atoms in total. The van der Waals surface area contributed by atoms with Gasteiger partial charge in [0.2, 0.25) is 0 Å². The van der Waals surface area contributed by atoms with Crippen LogP contribution in [0.5, 0.6) is 5.75 Å². The quantitative estimate of drug-likeness (QED) is 0.675. The molecule has 0 saturated heterocycles. The highest BCUT2D eigenvalue weighted by molar-refractivity contribution is 6.01. The van der Waals surface area contributed by atoms with Gasteiger partial charge in [0.15, 0.2) is 0 Å². The second kappa shape index (κ2) is 7.67. The van der Waals surface area contributed by atoms with E-state index in [1.54, 1.807) is 6.08 Å². The van der Waals surface area contributed by atoms with Crippen LogP contribution in [0, 0.1) is 11.3 Å². The number of carbonyl (C=O) groups is 1. The number of nitrogens with one attached hydrogen (secondary N) is 1. The molecule has 2 aromatic carbocycles. The summed E-state index contributed by atoms with van der Waals surface area (Å²) in [7, 11) is 0. The fourth-order valence-corrected chi connectivity index (χ4v) is 2.91. The van der Waals surface area contributed by atoms with Crippen LogP contribution in [0.25, 0.3) is 6.08 Å². The molecule has 1 aliphatic rings. The lowest BCUT2D eigenvalue weighted by Gasteiger charge is -2.05. The SMILES string of the molecule is C[C@@H]1Cc2cc(/C=C(\C#N)C(=O)NCCc3ccccc3)ccc2O1. The summed E-state index contributed by atoms with van der Waals surface area (Å²) in [4.78, 5) is 12.2. The first-order valence-corrected chi connectivity index (χ1v) is 8.39. The monoisotopic (exact) mass is 332 g/mol. The van der Waals surface area contributed by atoms with Gasteiger partial charge in [-0.1, -0.05) is 36.4 Å². The predicted octanol–water partition coefficient (Wildman–Crippen LogP) is 3.28. The van der Waals surface area contributed by atoms with Gasteiger partial charge in [-0.25, -0.2) is 0 Å². The maximum Gasteiger partial charge on any atom is 0.261 e. The maximum absolute atomic E-state index is 12.2. The number of hydrogen-bond acceptors (Lipinski definition) is 3. The molecular formula is C21H20N2O2. The van der Waals surface area contributed by atoms with Gasteiger partial charge >= 0.3 is 0 Å². The normalized spacial score (nSPS) is 15.8. The van der Waals surface area contributed by atoms with Crippen molar-refractivity contribution < 1.29 is 9.53 Å². The van der Waals surface area contributed by atoms with Crippen LogP contribution >= 0.6 is 0 Å². The molecule has 1 atom stereocenters. The molecule has 126 valence electrons. The summed E-state index contributed by atoms with van der Waals surface area (Å²) in [6.07, 6.45) is 3.38. The molecule has 0 fully saturated rings. The van der Waals surface area contributed by atoms with Crippen LogP contribution in [-0.2, 0) is 17.6 Å². The molecule has 0 saturated carbocycles. The Balaban J connectivity index is 1.63. The van der Waals surface area contributed by atoms with Gasteiger partial charge in [0.25, 0.3) is 5.91 Å². The van der Waals surface area contributed by atoms with Crippen molar-refractivity contribution in [2.75, 3.05) is 6.54 Å². The second-order valence-electron chi connectivity index (χ2n) is 6.16. The molecule has 3 rings (SSSR count). The van der Waals surface area contributed by atoms with Crippen molar-refractivity contribution >= 4 is 12.0 Å². The minimum Gasteiger partial charge on any atom is -0.490 e. The standard InChI is InChI=1S/C21H20N2O2/c1-15-11-18-12-17(7-8-20(18)25-15)13-19(14-22)21(24)23-10-9-16-5-3-2-4-6-16/h2-8,12-13,15H,9-11H2,1H3,(H,23,24)/b19-13+/t15-/m1/s1. The van der Waals surface area contributed by atoms with Crippen molar-refractivity contribution in [2.24, 2.45) is 0 Å². The first kappa shape index (κ1) is 16.8. The Morgan fingerprint density at radius 2 is 2.12 bits per heavy atom. The molecule has 0 bridgehead atoms. The van der Waals surface area contributed by atoms with Crippen molar-refractivity contribution in [3.63, 3.8) is 0 Å². The van der Waals surface area contributed by atoms with Crippen LogP contribution in [0.15, 0.2) is 54.1 Å². The van der Waals surface area contributed by atoms with Gasteiger partial charge in [-0.3, -0.25) is 4.79 Å². The maximum atomic E-state index is 12.2. The number of hydrogen-bond donors (Lipinski definition) is 1. The molecule has 2 aromatic rings. The van der Waals surface area contributed by atoms with E-state index in [1.807, 2.05) is 61.5 Å². The Bertz CT molecular complexity index is 835. The zero-order valence-electron chi connectivity index (χ0n) is 14.2. The van der Waals surface area contributed by atoms with Gasteiger partial charge in [-0.05, 0) is 48.2 Å². The highest BCUT2D eigenvalue weighted by atomic mass is 16.5. The fraction of sp³-hybridized carbons (Fsp3) is 0.238. The van der Waals surface area contributed by atoms with Crippen molar-refractivity contribution in [2.45, 2.75) is 25.9 Å². The van der Waals surface area contributed by atoms with Crippen LogP contribution in [0.3, 0.4) is 0 Å². The Kier molecular flexibility index (Phi) is 5.15. The van der Waals surface area contributed by atoms with Gasteiger partial charge in [0.1, 0.15) is 23.5 Å². The summed E-state index contributed by atoms with van der Waals surface area (Å²) in [5.41, 5.74) is 3.22. The molecule has 1 aliphatic heterocycles. The van der Waals surface area contributed by atoms with E-state index in [0.717, 1.165) is 35.3 Å². The Morgan fingerprint density at radius 1 is 1.32 bits per heavy atom. The summed E-state index contributed by atoms with van der Waals surface area (Å²) in [6.45, 7) is 2.52. The molecule has 1 amide bonds. The number of rotatable bonds is 5. The van der Waals surface area contributed by atoms with Gasteiger partial charge in [0, 0.05) is 13.0 Å². The van der Waals surface area contributed by atoms with E-state index < -0.39 is 0 Å². The zero-order valence-corrected chi connectivity index (χ0v) is 14.2. The van der Waals surface area contributed by atoms with E-state index in [-0.39, 0.29) is 17.6 Å². The first-order chi connectivity index (χ1) is 12.2. The van der Waals surface area contributed by atoms with Gasteiger partial charge in [0.05, 0.1) is 0 Å². The van der Waals surface area contributed by atoms with Crippen LogP contribution in [0.2, 0.25) is 0 Å². The lowest BCUT2D eigenvalue weighted by atomic mass is 10.0. The number of nitriles is 1. The molecule has 1 heterocycles. The van der Waals surface area contributed by atoms with Gasteiger partial charge < -0.3 is 10.1 Å². The van der Waals surface area contributed by atoms with E-state index in [0.29, 0.717) is 6.54 Å². The smallest absolute Gasteiger partial charge is 0.261 e. The summed E-state index contributed by atoms with van der Waals surface area (Å²) in [5, 5.41) is 12.1. The van der Waals surface area contributed by atoms with Crippen molar-refractivity contribution in [3.8, 4) is 11.8 Å². The Labute approximate surface area is 147 Å². The minimum atomic E-state index is -0.344. The molecule has 4 heteroatoms. The number of benzene rings is 2. The third kappa shape index (κ3) is 4.27. The Morgan fingerprint density at radius 3 is 2.88 bits per heavy atom. The van der Waals surface area contributed by atoms with E-state index in [2.05, 4.69) is 5.32 Å². The zero-order chi connectivity index (χ0) is 17.6. The van der Waals surface area contributed by atoms with E-state index in [4.69, 9.17) is 4.74 Å². The van der Waals surface area contributed by atoms with Crippen molar-refractivity contribution in [1.82, 2.24) is 5.32 Å². The summed E-state index contributed by atoms with van der Waals surface area (Å²) in [6, 6.07) is 17.7. The van der Waals surface area contributed by atoms with Gasteiger partial charge in [-0.2, -0.15) is 5.26 Å². The fourth-order valence-electron chi connectivity index (χ4n) is 2.91. The van der Waals surface area contributed by atoms with Crippen LogP contribution in [-0.4, -0.2) is 18.6 Å². The highest BCUT2D eigenvalue weighted by Crippen LogP contribution is 2.29. The van der Waals surface area contributed by atoms with Crippen molar-refractivity contribution in [3.05, 3.63) is 70.8 Å². The van der Waals surface area contributed by atoms with Gasteiger partial charge in [-0.15, -0.1) is 0 Å². The van der Waals surface area contributed by atoms with E-state index in [1.165, 1.54) is 0 Å². The third-order valence-corrected chi connectivity index (χ3v) is 4.14. The van der Waals surface area contributed by atoms with Crippen LogP contribution < -0.4 is 10.1 Å². The number of ether oxygens (including phenoxy) is 1. The minimum absolute atomic E-state index is 0.111. The van der Waals surface area contributed by atoms with E-state index >= 15 is 0 Å². The van der Waals surface area contributed by atoms with E-state index in [9.17, 15) is 10.1 Å². The number of nitrogens with zero attached hydrogens (tertiary/aromatic N) is 1. The molecule has 0 aromatic heterocycles. The topological polar surface area (TPSA) is 62.1 Å².